The Morgan fingerprint density at radius 2 is 1.78 bits per heavy atom. The molecule has 0 atom stereocenters. The van der Waals surface area contributed by atoms with Crippen LogP contribution in [0, 0.1) is 0 Å². The van der Waals surface area contributed by atoms with E-state index in [0.717, 1.165) is 4.73 Å². The standard InChI is InChI=1S/C22H17Cl2N5O3/c1-26-21(30)12-6-3-5-11(9-12)19-27-18(25)14-10-13(17-15(23)7-4-8-16(17)24)22(31)29(32-2)20(14)28-19/h3-10H,1-2H3,(H,26,30)(H2,25,27,28). The number of amides is 1. The van der Waals surface area contributed by atoms with Crippen LogP contribution in [0.3, 0.4) is 0 Å². The molecule has 3 N–H and O–H groups in total. The summed E-state index contributed by atoms with van der Waals surface area (Å²) in [5, 5.41) is 3.55. The van der Waals surface area contributed by atoms with Crippen LogP contribution in [0.4, 0.5) is 5.82 Å². The van der Waals surface area contributed by atoms with Gasteiger partial charge in [-0.25, -0.2) is 9.97 Å². The molecule has 0 aliphatic carbocycles. The maximum atomic E-state index is 13.2. The first kappa shape index (κ1) is 21.6. The summed E-state index contributed by atoms with van der Waals surface area (Å²) in [7, 11) is 2.88. The van der Waals surface area contributed by atoms with Crippen LogP contribution in [0.2, 0.25) is 10.0 Å². The molecule has 162 valence electrons. The number of hydrogen-bond acceptors (Lipinski definition) is 6. The molecule has 2 aromatic heterocycles. The number of carbonyl (C=O) groups is 1. The molecule has 32 heavy (non-hydrogen) atoms. The Balaban J connectivity index is 1.99. The molecule has 0 fully saturated rings. The minimum Gasteiger partial charge on any atom is -0.412 e. The molecule has 2 aromatic carbocycles. The number of fused-ring (bicyclic) bond motifs is 1. The molecule has 0 saturated carbocycles. The summed E-state index contributed by atoms with van der Waals surface area (Å²) in [5.41, 5.74) is 7.43. The third kappa shape index (κ3) is 3.63. The predicted octanol–water partition coefficient (Wildman–Crippen LogP) is 3.43. The third-order valence-corrected chi connectivity index (χ3v) is 5.51. The topological polar surface area (TPSA) is 112 Å². The van der Waals surface area contributed by atoms with Crippen LogP contribution in [0.1, 0.15) is 10.4 Å². The van der Waals surface area contributed by atoms with E-state index in [9.17, 15) is 9.59 Å². The van der Waals surface area contributed by atoms with Crippen molar-refractivity contribution in [3.63, 3.8) is 0 Å². The lowest BCUT2D eigenvalue weighted by Gasteiger charge is -2.14. The smallest absolute Gasteiger partial charge is 0.293 e. The highest BCUT2D eigenvalue weighted by Crippen LogP contribution is 2.34. The number of pyridine rings is 1. The number of rotatable bonds is 4. The summed E-state index contributed by atoms with van der Waals surface area (Å²) in [6, 6.07) is 13.2. The first-order valence-corrected chi connectivity index (χ1v) is 10.2. The fourth-order valence-corrected chi connectivity index (χ4v) is 3.96. The monoisotopic (exact) mass is 469 g/mol. The van der Waals surface area contributed by atoms with Crippen LogP contribution < -0.4 is 21.4 Å². The predicted molar refractivity (Wildman–Crippen MR) is 125 cm³/mol. The largest absolute Gasteiger partial charge is 0.412 e. The molecule has 0 spiro atoms. The molecule has 0 aliphatic rings. The number of hydrogen-bond donors (Lipinski definition) is 2. The van der Waals surface area contributed by atoms with E-state index < -0.39 is 5.56 Å². The number of nitrogens with one attached hydrogen (secondary N) is 1. The van der Waals surface area contributed by atoms with Crippen molar-refractivity contribution in [2.24, 2.45) is 0 Å². The molecular weight excluding hydrogens is 453 g/mol. The van der Waals surface area contributed by atoms with E-state index in [0.29, 0.717) is 32.1 Å². The molecule has 0 saturated heterocycles. The number of carbonyl (C=O) groups excluding carboxylic acids is 1. The van der Waals surface area contributed by atoms with Crippen molar-refractivity contribution >= 4 is 46.0 Å². The molecule has 0 aliphatic heterocycles. The van der Waals surface area contributed by atoms with Crippen molar-refractivity contribution in [1.29, 1.82) is 0 Å². The van der Waals surface area contributed by atoms with E-state index in [2.05, 4.69) is 15.3 Å². The quantitative estimate of drug-likeness (QED) is 0.473. The lowest BCUT2D eigenvalue weighted by atomic mass is 10.1. The summed E-state index contributed by atoms with van der Waals surface area (Å²) in [5.74, 6) is 0.0933. The number of halogens is 2. The highest BCUT2D eigenvalue weighted by Gasteiger charge is 2.20. The zero-order valence-corrected chi connectivity index (χ0v) is 18.5. The van der Waals surface area contributed by atoms with Crippen molar-refractivity contribution in [2.45, 2.75) is 0 Å². The minimum absolute atomic E-state index is 0.116. The van der Waals surface area contributed by atoms with Gasteiger partial charge in [0.2, 0.25) is 0 Å². The summed E-state index contributed by atoms with van der Waals surface area (Å²) >= 11 is 12.6. The Kier molecular flexibility index (Phi) is 5.73. The van der Waals surface area contributed by atoms with Crippen LogP contribution in [0.5, 0.6) is 0 Å². The van der Waals surface area contributed by atoms with Crippen molar-refractivity contribution in [3.05, 3.63) is 74.5 Å². The van der Waals surface area contributed by atoms with Gasteiger partial charge in [-0.3, -0.25) is 9.59 Å². The Hall–Kier alpha value is -3.62. The first-order valence-electron chi connectivity index (χ1n) is 9.40. The summed E-state index contributed by atoms with van der Waals surface area (Å²) in [6.07, 6.45) is 0. The van der Waals surface area contributed by atoms with Gasteiger partial charge in [0, 0.05) is 23.7 Å². The first-order chi connectivity index (χ1) is 15.3. The minimum atomic E-state index is -0.516. The van der Waals surface area contributed by atoms with Gasteiger partial charge in [0.25, 0.3) is 11.5 Å². The van der Waals surface area contributed by atoms with Crippen molar-refractivity contribution in [3.8, 4) is 22.5 Å². The van der Waals surface area contributed by atoms with Crippen LogP contribution >= 0.6 is 23.2 Å². The van der Waals surface area contributed by atoms with Crippen LogP contribution in [0.15, 0.2) is 53.3 Å². The normalized spacial score (nSPS) is 10.9. The van der Waals surface area contributed by atoms with Gasteiger partial charge < -0.3 is 15.9 Å². The van der Waals surface area contributed by atoms with Gasteiger partial charge in [-0.2, -0.15) is 0 Å². The molecule has 0 unspecified atom stereocenters. The lowest BCUT2D eigenvalue weighted by molar-refractivity contribution is 0.0963. The molecule has 0 radical (unpaired) electrons. The van der Waals surface area contributed by atoms with E-state index in [1.807, 2.05) is 0 Å². The summed E-state index contributed by atoms with van der Waals surface area (Å²) in [6.45, 7) is 0. The fraction of sp³-hybridized carbons (Fsp3) is 0.0909. The average Bonchev–Trinajstić information content (AvgIpc) is 2.79. The zero-order valence-electron chi connectivity index (χ0n) is 17.0. The fourth-order valence-electron chi connectivity index (χ4n) is 3.36. The SMILES string of the molecule is CNC(=O)c1cccc(-c2nc(N)c3cc(-c4c(Cl)cccc4Cl)c(=O)n(OC)c3n2)c1. The van der Waals surface area contributed by atoms with E-state index in [1.54, 1.807) is 55.6 Å². The Labute approximate surface area is 192 Å². The second-order valence-corrected chi connectivity index (χ2v) is 7.58. The number of nitrogens with zero attached hydrogens (tertiary/aromatic N) is 3. The van der Waals surface area contributed by atoms with Gasteiger partial charge in [0.15, 0.2) is 11.5 Å². The van der Waals surface area contributed by atoms with Crippen LogP contribution in [0.25, 0.3) is 33.5 Å². The maximum Gasteiger partial charge on any atom is 0.293 e. The van der Waals surface area contributed by atoms with Crippen molar-refractivity contribution < 1.29 is 9.63 Å². The summed E-state index contributed by atoms with van der Waals surface area (Å²) in [4.78, 5) is 39.4. The molecule has 0 bridgehead atoms. The molecule has 10 heteroatoms. The number of nitrogen functional groups attached to an aromatic ring is 1. The van der Waals surface area contributed by atoms with Crippen molar-refractivity contribution in [2.75, 3.05) is 19.9 Å². The third-order valence-electron chi connectivity index (χ3n) is 4.88. The van der Waals surface area contributed by atoms with E-state index in [-0.39, 0.29) is 28.8 Å². The molecule has 2 heterocycles. The van der Waals surface area contributed by atoms with E-state index >= 15 is 0 Å². The molecule has 1 amide bonds. The number of anilines is 1. The Morgan fingerprint density at radius 3 is 2.44 bits per heavy atom. The van der Waals surface area contributed by atoms with Crippen LogP contribution in [-0.2, 0) is 0 Å². The second kappa shape index (κ2) is 8.49. The number of aromatic nitrogens is 3. The van der Waals surface area contributed by atoms with Gasteiger partial charge in [0.1, 0.15) is 12.9 Å². The highest BCUT2D eigenvalue weighted by atomic mass is 35.5. The molecule has 4 rings (SSSR count). The number of nitrogens with two attached hydrogens (primary N) is 1. The van der Waals surface area contributed by atoms with Gasteiger partial charge >= 0.3 is 0 Å². The summed E-state index contributed by atoms with van der Waals surface area (Å²) < 4.78 is 1.01. The second-order valence-electron chi connectivity index (χ2n) is 6.77. The lowest BCUT2D eigenvalue weighted by Crippen LogP contribution is -2.27. The maximum absolute atomic E-state index is 13.2. The van der Waals surface area contributed by atoms with E-state index in [4.69, 9.17) is 33.8 Å². The molecule has 4 aromatic rings. The Bertz CT molecular complexity index is 1420. The zero-order chi connectivity index (χ0) is 23.0. The number of benzene rings is 2. The van der Waals surface area contributed by atoms with Crippen LogP contribution in [-0.4, -0.2) is 34.8 Å². The van der Waals surface area contributed by atoms with Gasteiger partial charge in [-0.05, 0) is 30.3 Å². The van der Waals surface area contributed by atoms with Crippen molar-refractivity contribution in [1.82, 2.24) is 20.0 Å². The van der Waals surface area contributed by atoms with E-state index in [1.165, 1.54) is 7.11 Å². The molecule has 8 nitrogen and oxygen atoms in total. The Morgan fingerprint density at radius 1 is 1.09 bits per heavy atom. The highest BCUT2D eigenvalue weighted by molar-refractivity contribution is 6.39. The van der Waals surface area contributed by atoms with Gasteiger partial charge in [0.05, 0.1) is 21.0 Å². The molecular formula is C22H17Cl2N5O3. The van der Waals surface area contributed by atoms with Gasteiger partial charge in [-0.15, -0.1) is 4.73 Å². The van der Waals surface area contributed by atoms with Gasteiger partial charge in [-0.1, -0.05) is 41.4 Å². The average molecular weight is 470 g/mol.